The zero-order valence-corrected chi connectivity index (χ0v) is 10.8. The zero-order valence-electron chi connectivity index (χ0n) is 10.0. The Kier molecular flexibility index (Phi) is 3.56. The molecule has 0 radical (unpaired) electrons. The molecule has 0 saturated carbocycles. The minimum atomic E-state index is -0.250. The van der Waals surface area contributed by atoms with E-state index in [1.165, 1.54) is 6.20 Å². The van der Waals surface area contributed by atoms with Crippen LogP contribution in [-0.4, -0.2) is 21.0 Å². The topological polar surface area (TPSA) is 107 Å². The van der Waals surface area contributed by atoms with Gasteiger partial charge in [-0.2, -0.15) is 4.98 Å². The highest BCUT2D eigenvalue weighted by atomic mass is 32.1. The van der Waals surface area contributed by atoms with E-state index in [0.717, 1.165) is 11.3 Å². The van der Waals surface area contributed by atoms with Gasteiger partial charge in [0.25, 0.3) is 5.91 Å². The maximum Gasteiger partial charge on any atom is 0.263 e. The van der Waals surface area contributed by atoms with E-state index in [9.17, 15) is 4.79 Å². The number of nitrogens with one attached hydrogen (secondary N) is 1. The first-order chi connectivity index (χ1) is 8.56. The van der Waals surface area contributed by atoms with E-state index in [0.29, 0.717) is 21.7 Å². The van der Waals surface area contributed by atoms with Gasteiger partial charge in [-0.3, -0.25) is 4.79 Å². The largest absolute Gasteiger partial charge is 0.375 e. The number of hydrogen-bond donors (Lipinski definition) is 2. The second kappa shape index (κ2) is 5.13. The molecule has 2 aromatic rings. The molecule has 0 spiro atoms. The van der Waals surface area contributed by atoms with Crippen LogP contribution >= 0.6 is 11.3 Å². The highest BCUT2D eigenvalue weighted by Crippen LogP contribution is 2.14. The summed E-state index contributed by atoms with van der Waals surface area (Å²) >= 11 is 1.13. The summed E-state index contributed by atoms with van der Waals surface area (Å²) in [5.74, 6) is 0.925. The lowest BCUT2D eigenvalue weighted by atomic mass is 10.2. The summed E-state index contributed by atoms with van der Waals surface area (Å²) in [5, 5.41) is 6.81. The first kappa shape index (κ1) is 12.5. The molecular formula is C10H13N5O2S. The van der Waals surface area contributed by atoms with Crippen LogP contribution in [0.25, 0.3) is 0 Å². The van der Waals surface area contributed by atoms with E-state index in [-0.39, 0.29) is 18.4 Å². The number of nitrogens with two attached hydrogens (primary N) is 1. The molecule has 3 N–H and O–H groups in total. The molecule has 7 nitrogen and oxygen atoms in total. The highest BCUT2D eigenvalue weighted by molar-refractivity contribution is 7.17. The maximum atomic E-state index is 11.7. The summed E-state index contributed by atoms with van der Waals surface area (Å²) in [4.78, 5) is 20.1. The first-order valence-corrected chi connectivity index (χ1v) is 6.20. The van der Waals surface area contributed by atoms with Crippen LogP contribution in [0.3, 0.4) is 0 Å². The van der Waals surface area contributed by atoms with Crippen LogP contribution in [0.5, 0.6) is 0 Å². The van der Waals surface area contributed by atoms with Gasteiger partial charge in [0.05, 0.1) is 12.7 Å². The fourth-order valence-electron chi connectivity index (χ4n) is 1.21. The van der Waals surface area contributed by atoms with Crippen molar-refractivity contribution in [3.8, 4) is 0 Å². The number of amides is 1. The molecular weight excluding hydrogens is 254 g/mol. The number of thiazole rings is 1. The second-order valence-corrected chi connectivity index (χ2v) is 5.01. The normalized spacial score (nSPS) is 10.8. The van der Waals surface area contributed by atoms with Gasteiger partial charge < -0.3 is 15.6 Å². The zero-order chi connectivity index (χ0) is 13.1. The number of rotatable bonds is 4. The van der Waals surface area contributed by atoms with E-state index < -0.39 is 0 Å². The van der Waals surface area contributed by atoms with E-state index in [4.69, 9.17) is 10.3 Å². The predicted octanol–water partition coefficient (Wildman–Crippen LogP) is 1.16. The second-order valence-electron chi connectivity index (χ2n) is 3.95. The lowest BCUT2D eigenvalue weighted by Crippen LogP contribution is -2.22. The molecule has 0 aliphatic rings. The molecule has 2 aromatic heterocycles. The molecule has 0 aliphatic heterocycles. The van der Waals surface area contributed by atoms with Gasteiger partial charge in [0.15, 0.2) is 11.0 Å². The van der Waals surface area contributed by atoms with Crippen LogP contribution in [-0.2, 0) is 6.54 Å². The molecule has 2 rings (SSSR count). The Bertz CT molecular complexity index is 548. The van der Waals surface area contributed by atoms with Crippen LogP contribution in [0, 0.1) is 0 Å². The first-order valence-electron chi connectivity index (χ1n) is 5.38. The Morgan fingerprint density at radius 2 is 2.39 bits per heavy atom. The van der Waals surface area contributed by atoms with Gasteiger partial charge in [0.2, 0.25) is 5.89 Å². The molecule has 1 amide bonds. The number of aromatic nitrogens is 3. The highest BCUT2D eigenvalue weighted by Gasteiger charge is 2.12. The number of carbonyl (C=O) groups is 1. The Morgan fingerprint density at radius 1 is 1.61 bits per heavy atom. The third-order valence-electron chi connectivity index (χ3n) is 2.13. The Morgan fingerprint density at radius 3 is 2.94 bits per heavy atom. The number of nitrogens with zero attached hydrogens (tertiary/aromatic N) is 3. The van der Waals surface area contributed by atoms with Gasteiger partial charge in [-0.15, -0.1) is 0 Å². The summed E-state index contributed by atoms with van der Waals surface area (Å²) in [5.41, 5.74) is 5.45. The van der Waals surface area contributed by atoms with E-state index in [1.54, 1.807) is 0 Å². The SMILES string of the molecule is CC(C)c1nc(CNC(=O)c2cnc(N)s2)no1. The molecule has 0 fully saturated rings. The molecule has 0 bridgehead atoms. The van der Waals surface area contributed by atoms with Crippen LogP contribution in [0.1, 0.15) is 41.2 Å². The molecule has 96 valence electrons. The minimum absolute atomic E-state index is 0.170. The van der Waals surface area contributed by atoms with Crippen molar-refractivity contribution in [3.05, 3.63) is 22.8 Å². The summed E-state index contributed by atoms with van der Waals surface area (Å²) in [6.45, 7) is 4.12. The number of anilines is 1. The van der Waals surface area contributed by atoms with Crippen molar-refractivity contribution in [1.82, 2.24) is 20.4 Å². The van der Waals surface area contributed by atoms with Crippen LogP contribution in [0.4, 0.5) is 5.13 Å². The van der Waals surface area contributed by atoms with Gasteiger partial charge in [0, 0.05) is 5.92 Å². The molecule has 8 heteroatoms. The Balaban J connectivity index is 1.93. The van der Waals surface area contributed by atoms with Crippen molar-refractivity contribution in [2.24, 2.45) is 0 Å². The van der Waals surface area contributed by atoms with Gasteiger partial charge in [0.1, 0.15) is 4.88 Å². The molecule has 0 aliphatic carbocycles. The molecule has 2 heterocycles. The van der Waals surface area contributed by atoms with Gasteiger partial charge in [-0.25, -0.2) is 4.98 Å². The third-order valence-corrected chi connectivity index (χ3v) is 2.96. The molecule has 0 saturated heterocycles. The number of carbonyl (C=O) groups excluding carboxylic acids is 1. The lowest BCUT2D eigenvalue weighted by molar-refractivity contribution is 0.0953. The van der Waals surface area contributed by atoms with Gasteiger partial charge >= 0.3 is 0 Å². The van der Waals surface area contributed by atoms with Crippen molar-refractivity contribution >= 4 is 22.4 Å². The van der Waals surface area contributed by atoms with Crippen LogP contribution in [0.15, 0.2) is 10.7 Å². The van der Waals surface area contributed by atoms with Gasteiger partial charge in [-0.1, -0.05) is 30.3 Å². The monoisotopic (exact) mass is 267 g/mol. The van der Waals surface area contributed by atoms with Crippen molar-refractivity contribution < 1.29 is 9.32 Å². The average molecular weight is 267 g/mol. The van der Waals surface area contributed by atoms with E-state index >= 15 is 0 Å². The Labute approximate surface area is 107 Å². The summed E-state index contributed by atoms with van der Waals surface area (Å²) < 4.78 is 5.03. The average Bonchev–Trinajstić information content (AvgIpc) is 2.94. The van der Waals surface area contributed by atoms with Crippen molar-refractivity contribution in [2.75, 3.05) is 5.73 Å². The molecule has 0 unspecified atom stereocenters. The summed E-state index contributed by atoms with van der Waals surface area (Å²) in [7, 11) is 0. The summed E-state index contributed by atoms with van der Waals surface area (Å²) in [6, 6.07) is 0. The van der Waals surface area contributed by atoms with E-state index in [1.807, 2.05) is 13.8 Å². The number of hydrogen-bond acceptors (Lipinski definition) is 7. The van der Waals surface area contributed by atoms with Crippen LogP contribution in [0.2, 0.25) is 0 Å². The fraction of sp³-hybridized carbons (Fsp3) is 0.400. The van der Waals surface area contributed by atoms with Crippen molar-refractivity contribution in [3.63, 3.8) is 0 Å². The smallest absolute Gasteiger partial charge is 0.263 e. The standard InChI is InChI=1S/C10H13N5O2S/c1-5(2)9-14-7(15-17-9)4-12-8(16)6-3-13-10(11)18-6/h3,5H,4H2,1-2H3,(H2,11,13)(H,12,16). The van der Waals surface area contributed by atoms with E-state index in [2.05, 4.69) is 20.4 Å². The van der Waals surface area contributed by atoms with Gasteiger partial charge in [-0.05, 0) is 0 Å². The Hall–Kier alpha value is -1.96. The maximum absolute atomic E-state index is 11.7. The fourth-order valence-corrected chi connectivity index (χ4v) is 1.81. The molecule has 0 atom stereocenters. The minimum Gasteiger partial charge on any atom is -0.375 e. The quantitative estimate of drug-likeness (QED) is 0.860. The molecule has 18 heavy (non-hydrogen) atoms. The van der Waals surface area contributed by atoms with Crippen LogP contribution < -0.4 is 11.1 Å². The lowest BCUT2D eigenvalue weighted by Gasteiger charge is -1.98. The predicted molar refractivity (Wildman–Crippen MR) is 66.1 cm³/mol. The number of nitrogen functional groups attached to an aromatic ring is 1. The third kappa shape index (κ3) is 2.83. The molecule has 0 aromatic carbocycles. The summed E-state index contributed by atoms with van der Waals surface area (Å²) in [6.07, 6.45) is 1.44. The van der Waals surface area contributed by atoms with Crippen molar-refractivity contribution in [1.29, 1.82) is 0 Å². The van der Waals surface area contributed by atoms with Crippen molar-refractivity contribution in [2.45, 2.75) is 26.3 Å².